The van der Waals surface area contributed by atoms with Crippen LogP contribution in [0.2, 0.25) is 0 Å². The third-order valence-electron chi connectivity index (χ3n) is 1.15. The van der Waals surface area contributed by atoms with E-state index in [0.717, 1.165) is 11.5 Å². The van der Waals surface area contributed by atoms with Crippen molar-refractivity contribution in [1.82, 2.24) is 9.78 Å². The highest BCUT2D eigenvalue weighted by atomic mass is 15.4. The average molecular weight is 126 g/mol. The van der Waals surface area contributed by atoms with Gasteiger partial charge in [-0.3, -0.25) is 4.68 Å². The van der Waals surface area contributed by atoms with Gasteiger partial charge in [0.05, 0.1) is 5.69 Å². The summed E-state index contributed by atoms with van der Waals surface area (Å²) in [5.74, 6) is 5.98. The molecule has 0 atom stereocenters. The highest BCUT2D eigenvalue weighted by Crippen LogP contribution is 2.04. The first-order valence-corrected chi connectivity index (χ1v) is 2.71. The maximum atomic E-state index is 5.15. The molecular weight excluding hydrogens is 116 g/mol. The summed E-state index contributed by atoms with van der Waals surface area (Å²) >= 11 is 0. The zero-order valence-electron chi connectivity index (χ0n) is 5.55. The molecule has 9 heavy (non-hydrogen) atoms. The number of aromatic nitrogens is 2. The van der Waals surface area contributed by atoms with Crippen molar-refractivity contribution in [3.8, 4) is 0 Å². The molecule has 0 saturated carbocycles. The lowest BCUT2D eigenvalue weighted by Gasteiger charge is -1.95. The number of anilines is 1. The van der Waals surface area contributed by atoms with E-state index < -0.39 is 0 Å². The van der Waals surface area contributed by atoms with Crippen molar-refractivity contribution in [3.05, 3.63) is 11.8 Å². The van der Waals surface area contributed by atoms with Crippen LogP contribution in [0.5, 0.6) is 0 Å². The Balaban J connectivity index is 3.01. The second-order valence-corrected chi connectivity index (χ2v) is 1.94. The molecule has 0 spiro atoms. The van der Waals surface area contributed by atoms with Gasteiger partial charge in [-0.2, -0.15) is 5.10 Å². The summed E-state index contributed by atoms with van der Waals surface area (Å²) in [6, 6.07) is 1.88. The summed E-state index contributed by atoms with van der Waals surface area (Å²) in [6.45, 7) is 1.92. The smallest absolute Gasteiger partial charge is 0.138 e. The second-order valence-electron chi connectivity index (χ2n) is 1.94. The first kappa shape index (κ1) is 6.10. The highest BCUT2D eigenvalue weighted by Gasteiger charge is 1.96. The number of rotatable bonds is 1. The van der Waals surface area contributed by atoms with E-state index >= 15 is 0 Å². The Morgan fingerprint density at radius 2 is 2.44 bits per heavy atom. The Bertz CT molecular complexity index is 203. The van der Waals surface area contributed by atoms with Crippen molar-refractivity contribution in [2.75, 3.05) is 5.43 Å². The molecule has 4 nitrogen and oxygen atoms in total. The maximum Gasteiger partial charge on any atom is 0.138 e. The predicted octanol–water partition coefficient (Wildman–Crippen LogP) is 0.0141. The summed E-state index contributed by atoms with van der Waals surface area (Å²) in [5, 5.41) is 4.06. The molecule has 0 saturated heterocycles. The molecule has 3 N–H and O–H groups in total. The molecule has 1 aromatic heterocycles. The van der Waals surface area contributed by atoms with E-state index in [1.165, 1.54) is 0 Å². The van der Waals surface area contributed by atoms with Gasteiger partial charge in [0.1, 0.15) is 5.82 Å². The molecule has 0 amide bonds. The summed E-state index contributed by atoms with van der Waals surface area (Å²) in [5.41, 5.74) is 3.48. The van der Waals surface area contributed by atoms with Crippen LogP contribution < -0.4 is 11.3 Å². The van der Waals surface area contributed by atoms with Gasteiger partial charge in [0.15, 0.2) is 0 Å². The molecular formula is C5H10N4. The van der Waals surface area contributed by atoms with Gasteiger partial charge in [-0.1, -0.05) is 0 Å². The molecule has 1 aromatic rings. The number of hydrogen-bond acceptors (Lipinski definition) is 3. The van der Waals surface area contributed by atoms with Crippen molar-refractivity contribution < 1.29 is 0 Å². The number of nitrogens with one attached hydrogen (secondary N) is 1. The zero-order chi connectivity index (χ0) is 6.85. The quantitative estimate of drug-likeness (QED) is 0.412. The monoisotopic (exact) mass is 126 g/mol. The van der Waals surface area contributed by atoms with Crippen LogP contribution in [0.25, 0.3) is 0 Å². The van der Waals surface area contributed by atoms with E-state index in [1.54, 1.807) is 4.68 Å². The molecule has 1 heterocycles. The van der Waals surface area contributed by atoms with Crippen molar-refractivity contribution >= 4 is 5.82 Å². The fourth-order valence-electron chi connectivity index (χ4n) is 0.746. The van der Waals surface area contributed by atoms with E-state index in [2.05, 4.69) is 10.5 Å². The molecule has 0 bridgehead atoms. The van der Waals surface area contributed by atoms with Gasteiger partial charge in [0.2, 0.25) is 0 Å². The topological polar surface area (TPSA) is 55.9 Å². The lowest BCUT2D eigenvalue weighted by atomic mass is 10.5. The van der Waals surface area contributed by atoms with Gasteiger partial charge in [-0.25, -0.2) is 5.84 Å². The minimum atomic E-state index is 0.826. The number of nitrogen functional groups attached to an aromatic ring is 1. The fraction of sp³-hybridized carbons (Fsp3) is 0.400. The van der Waals surface area contributed by atoms with Gasteiger partial charge >= 0.3 is 0 Å². The fourth-order valence-corrected chi connectivity index (χ4v) is 0.746. The first-order chi connectivity index (χ1) is 4.24. The zero-order valence-corrected chi connectivity index (χ0v) is 5.55. The molecule has 0 aliphatic heterocycles. The van der Waals surface area contributed by atoms with Crippen molar-refractivity contribution in [3.63, 3.8) is 0 Å². The van der Waals surface area contributed by atoms with Gasteiger partial charge in [-0.15, -0.1) is 0 Å². The molecule has 0 unspecified atom stereocenters. The van der Waals surface area contributed by atoms with Crippen LogP contribution in [0.3, 0.4) is 0 Å². The molecule has 0 fully saturated rings. The summed E-state index contributed by atoms with van der Waals surface area (Å²) in [4.78, 5) is 0. The number of hydrazine groups is 1. The van der Waals surface area contributed by atoms with E-state index in [9.17, 15) is 0 Å². The molecule has 0 aliphatic rings. The molecule has 0 aromatic carbocycles. The van der Waals surface area contributed by atoms with Crippen molar-refractivity contribution in [1.29, 1.82) is 0 Å². The van der Waals surface area contributed by atoms with Crippen LogP contribution in [-0.4, -0.2) is 9.78 Å². The van der Waals surface area contributed by atoms with Crippen molar-refractivity contribution in [2.24, 2.45) is 12.9 Å². The Hall–Kier alpha value is -1.03. The number of aryl methyl sites for hydroxylation is 2. The van der Waals surface area contributed by atoms with Gasteiger partial charge in [-0.05, 0) is 6.92 Å². The third kappa shape index (κ3) is 1.02. The highest BCUT2D eigenvalue weighted by molar-refractivity contribution is 5.34. The Labute approximate surface area is 53.6 Å². The van der Waals surface area contributed by atoms with Crippen LogP contribution in [0.4, 0.5) is 5.82 Å². The number of hydrogen-bond donors (Lipinski definition) is 2. The summed E-state index contributed by atoms with van der Waals surface area (Å²) in [7, 11) is 1.84. The van der Waals surface area contributed by atoms with Crippen LogP contribution >= 0.6 is 0 Å². The average Bonchev–Trinajstić information content (AvgIpc) is 2.10. The minimum absolute atomic E-state index is 0.826. The standard InChI is InChI=1S/C5H10N4/c1-4-3-5(7-6)9(2)8-4/h3,7H,6H2,1-2H3. The first-order valence-electron chi connectivity index (χ1n) is 2.71. The SMILES string of the molecule is Cc1cc(NN)n(C)n1. The molecule has 0 aliphatic carbocycles. The molecule has 1 rings (SSSR count). The lowest BCUT2D eigenvalue weighted by molar-refractivity contribution is 0.760. The number of nitrogens with zero attached hydrogens (tertiary/aromatic N) is 2. The van der Waals surface area contributed by atoms with Crippen LogP contribution in [0.1, 0.15) is 5.69 Å². The number of nitrogens with two attached hydrogens (primary N) is 1. The van der Waals surface area contributed by atoms with E-state index in [-0.39, 0.29) is 0 Å². The summed E-state index contributed by atoms with van der Waals surface area (Å²) in [6.07, 6.45) is 0. The molecule has 0 radical (unpaired) electrons. The van der Waals surface area contributed by atoms with Gasteiger partial charge < -0.3 is 5.43 Å². The Morgan fingerprint density at radius 1 is 1.78 bits per heavy atom. The second kappa shape index (κ2) is 2.06. The van der Waals surface area contributed by atoms with Crippen LogP contribution in [0, 0.1) is 6.92 Å². The van der Waals surface area contributed by atoms with E-state index in [1.807, 2.05) is 20.0 Å². The minimum Gasteiger partial charge on any atom is -0.309 e. The van der Waals surface area contributed by atoms with E-state index in [0.29, 0.717) is 0 Å². The normalized spacial score (nSPS) is 9.67. The lowest BCUT2D eigenvalue weighted by Crippen LogP contribution is -2.10. The predicted molar refractivity (Wildman–Crippen MR) is 35.8 cm³/mol. The van der Waals surface area contributed by atoms with Crippen LogP contribution in [0.15, 0.2) is 6.07 Å². The van der Waals surface area contributed by atoms with Gasteiger partial charge in [0, 0.05) is 13.1 Å². The van der Waals surface area contributed by atoms with Gasteiger partial charge in [0.25, 0.3) is 0 Å². The Morgan fingerprint density at radius 3 is 2.67 bits per heavy atom. The maximum absolute atomic E-state index is 5.15. The Kier molecular flexibility index (Phi) is 1.40. The molecule has 4 heteroatoms. The van der Waals surface area contributed by atoms with E-state index in [4.69, 9.17) is 5.84 Å². The van der Waals surface area contributed by atoms with Crippen molar-refractivity contribution in [2.45, 2.75) is 6.92 Å². The molecule has 50 valence electrons. The summed E-state index contributed by atoms with van der Waals surface area (Å²) < 4.78 is 1.69. The van der Waals surface area contributed by atoms with Crippen LogP contribution in [-0.2, 0) is 7.05 Å². The third-order valence-corrected chi connectivity index (χ3v) is 1.15. The largest absolute Gasteiger partial charge is 0.309 e.